The first kappa shape index (κ1) is 27.6. The summed E-state index contributed by atoms with van der Waals surface area (Å²) in [5.41, 5.74) is 2.21. The molecule has 4 heteroatoms. The molecule has 0 heterocycles. The van der Waals surface area contributed by atoms with Crippen LogP contribution in [0.25, 0.3) is 0 Å². The van der Waals surface area contributed by atoms with Crippen LogP contribution in [0, 0.1) is 0 Å². The molecule has 3 nitrogen and oxygen atoms in total. The SMILES string of the molecule is CCCCCCCCCCc1cccc([PH](O)(O)O)c1CCCCCCCCCC. The van der Waals surface area contributed by atoms with Crippen LogP contribution in [0.3, 0.4) is 0 Å². The Labute approximate surface area is 186 Å². The van der Waals surface area contributed by atoms with Crippen LogP contribution in [0.2, 0.25) is 0 Å². The predicted octanol–water partition coefficient (Wildman–Crippen LogP) is 7.15. The molecule has 3 N–H and O–H groups in total. The summed E-state index contributed by atoms with van der Waals surface area (Å²) in [7, 11) is -4.27. The number of aryl methyl sites for hydroxylation is 1. The van der Waals surface area contributed by atoms with Crippen LogP contribution in [0.1, 0.15) is 128 Å². The maximum absolute atomic E-state index is 9.98. The van der Waals surface area contributed by atoms with Crippen LogP contribution in [0.4, 0.5) is 0 Å². The third-order valence-corrected chi connectivity index (χ3v) is 7.41. The van der Waals surface area contributed by atoms with Gasteiger partial charge in [-0.25, -0.2) is 0 Å². The molecule has 1 aromatic rings. The fraction of sp³-hybridized carbons (Fsp3) is 0.769. The van der Waals surface area contributed by atoms with E-state index in [1.807, 2.05) is 6.07 Å². The van der Waals surface area contributed by atoms with E-state index in [1.54, 1.807) is 6.07 Å². The zero-order valence-corrected chi connectivity index (χ0v) is 20.8. The number of benzene rings is 1. The molecule has 1 aromatic carbocycles. The Hall–Kier alpha value is -0.470. The molecule has 30 heavy (non-hydrogen) atoms. The van der Waals surface area contributed by atoms with E-state index in [1.165, 1.54) is 95.5 Å². The number of hydrogen-bond donors (Lipinski definition) is 3. The van der Waals surface area contributed by atoms with Gasteiger partial charge < -0.3 is 0 Å². The van der Waals surface area contributed by atoms with Crippen molar-refractivity contribution in [2.24, 2.45) is 0 Å². The molecule has 0 spiro atoms. The zero-order valence-electron chi connectivity index (χ0n) is 19.8. The van der Waals surface area contributed by atoms with Crippen LogP contribution in [-0.4, -0.2) is 14.7 Å². The van der Waals surface area contributed by atoms with Crippen LogP contribution in [0.5, 0.6) is 0 Å². The quantitative estimate of drug-likeness (QED) is 0.158. The Balaban J connectivity index is 2.48. The van der Waals surface area contributed by atoms with Crippen LogP contribution >= 0.6 is 7.94 Å². The first-order valence-corrected chi connectivity index (χ1v) is 14.6. The fourth-order valence-electron chi connectivity index (χ4n) is 4.36. The summed E-state index contributed by atoms with van der Waals surface area (Å²) >= 11 is 0. The van der Waals surface area contributed by atoms with Gasteiger partial charge in [-0.1, -0.05) is 6.92 Å². The van der Waals surface area contributed by atoms with Gasteiger partial charge in [0.1, 0.15) is 0 Å². The molecule has 0 fully saturated rings. The van der Waals surface area contributed by atoms with Crippen LogP contribution in [0.15, 0.2) is 18.2 Å². The van der Waals surface area contributed by atoms with Gasteiger partial charge in [-0.2, -0.15) is 0 Å². The molecule has 0 amide bonds. The molecule has 0 saturated carbocycles. The van der Waals surface area contributed by atoms with Gasteiger partial charge in [-0.05, 0) is 0 Å². The van der Waals surface area contributed by atoms with Crippen molar-refractivity contribution in [3.8, 4) is 0 Å². The van der Waals surface area contributed by atoms with Crippen molar-refractivity contribution >= 4 is 13.2 Å². The first-order chi connectivity index (χ1) is 14.5. The van der Waals surface area contributed by atoms with Crippen molar-refractivity contribution in [3.63, 3.8) is 0 Å². The summed E-state index contributed by atoms with van der Waals surface area (Å²) in [5.74, 6) is 0. The molecular formula is C26H49O3P. The molecule has 0 aliphatic rings. The second-order valence-electron chi connectivity index (χ2n) is 9.03. The summed E-state index contributed by atoms with van der Waals surface area (Å²) in [6.45, 7) is 4.50. The van der Waals surface area contributed by atoms with Gasteiger partial charge in [-0.15, -0.1) is 0 Å². The molecule has 0 radical (unpaired) electrons. The Morgan fingerprint density at radius 1 is 0.567 bits per heavy atom. The van der Waals surface area contributed by atoms with E-state index in [4.69, 9.17) is 0 Å². The molecule has 0 atom stereocenters. The zero-order chi connectivity index (χ0) is 22.1. The fourth-order valence-corrected chi connectivity index (χ4v) is 5.37. The molecule has 0 unspecified atom stereocenters. The number of hydrogen-bond acceptors (Lipinski definition) is 3. The maximum atomic E-state index is 9.98. The van der Waals surface area contributed by atoms with Crippen LogP contribution in [-0.2, 0) is 12.8 Å². The predicted molar refractivity (Wildman–Crippen MR) is 134 cm³/mol. The average Bonchev–Trinajstić information content (AvgIpc) is 2.71. The van der Waals surface area contributed by atoms with Crippen molar-refractivity contribution in [1.29, 1.82) is 0 Å². The van der Waals surface area contributed by atoms with Gasteiger partial charge in [-0.3, -0.25) is 0 Å². The minimum absolute atomic E-state index is 0.405. The summed E-state index contributed by atoms with van der Waals surface area (Å²) in [5, 5.41) is 0.405. The summed E-state index contributed by atoms with van der Waals surface area (Å²) < 4.78 is 0. The van der Waals surface area contributed by atoms with Crippen molar-refractivity contribution < 1.29 is 14.7 Å². The number of rotatable bonds is 19. The standard InChI is InChI=1S/C26H49O3P/c1-3-5-7-9-11-13-15-17-20-24-21-19-23-26(30(27,28)29)25(24)22-18-16-14-12-10-8-6-4-2/h19,21,23,27-30H,3-18,20,22H2,1-2H3. The van der Waals surface area contributed by atoms with E-state index >= 15 is 0 Å². The molecular weight excluding hydrogens is 391 g/mol. The van der Waals surface area contributed by atoms with E-state index in [0.29, 0.717) is 5.30 Å². The van der Waals surface area contributed by atoms with E-state index in [9.17, 15) is 14.7 Å². The number of unbranched alkanes of at least 4 members (excludes halogenated alkanes) is 14. The second kappa shape index (κ2) is 17.1. The van der Waals surface area contributed by atoms with E-state index in [2.05, 4.69) is 19.9 Å². The Morgan fingerprint density at radius 2 is 1.00 bits per heavy atom. The topological polar surface area (TPSA) is 60.7 Å². The Kier molecular flexibility index (Phi) is 15.7. The van der Waals surface area contributed by atoms with E-state index in [-0.39, 0.29) is 0 Å². The first-order valence-electron chi connectivity index (χ1n) is 12.8. The Bertz CT molecular complexity index is 540. The van der Waals surface area contributed by atoms with Crippen LogP contribution < -0.4 is 5.30 Å². The van der Waals surface area contributed by atoms with Gasteiger partial charge >= 0.3 is 180 Å². The third-order valence-electron chi connectivity index (χ3n) is 6.21. The molecule has 0 aromatic heterocycles. The molecule has 1 rings (SSSR count). The van der Waals surface area contributed by atoms with Gasteiger partial charge in [0.15, 0.2) is 0 Å². The second-order valence-corrected chi connectivity index (χ2v) is 10.8. The Morgan fingerprint density at radius 3 is 1.47 bits per heavy atom. The van der Waals surface area contributed by atoms with Gasteiger partial charge in [0.2, 0.25) is 0 Å². The summed E-state index contributed by atoms with van der Waals surface area (Å²) in [4.78, 5) is 29.9. The summed E-state index contributed by atoms with van der Waals surface area (Å²) in [6, 6.07) is 5.70. The van der Waals surface area contributed by atoms with Crippen molar-refractivity contribution in [2.45, 2.75) is 129 Å². The molecule has 0 aliphatic heterocycles. The molecule has 176 valence electrons. The van der Waals surface area contributed by atoms with Gasteiger partial charge in [0.05, 0.1) is 0 Å². The van der Waals surface area contributed by atoms with Crippen molar-refractivity contribution in [1.82, 2.24) is 0 Å². The van der Waals surface area contributed by atoms with E-state index in [0.717, 1.165) is 31.2 Å². The minimum atomic E-state index is -4.27. The third kappa shape index (κ3) is 12.4. The van der Waals surface area contributed by atoms with Crippen molar-refractivity contribution in [2.75, 3.05) is 0 Å². The summed E-state index contributed by atoms with van der Waals surface area (Å²) in [6.07, 6.45) is 22.2. The normalized spacial score (nSPS) is 12.4. The molecule has 0 aliphatic carbocycles. The molecule has 0 bridgehead atoms. The van der Waals surface area contributed by atoms with Gasteiger partial charge in [0, 0.05) is 0 Å². The van der Waals surface area contributed by atoms with Gasteiger partial charge in [0.25, 0.3) is 0 Å². The monoisotopic (exact) mass is 440 g/mol. The van der Waals surface area contributed by atoms with Crippen molar-refractivity contribution in [3.05, 3.63) is 29.3 Å². The average molecular weight is 441 g/mol. The molecule has 0 saturated heterocycles. The van der Waals surface area contributed by atoms with E-state index < -0.39 is 7.94 Å².